The maximum Gasteiger partial charge on any atom is 0.254 e. The fraction of sp³-hybridized carbons (Fsp3) is 0.227. The van der Waals surface area contributed by atoms with E-state index >= 15 is 0 Å². The van der Waals surface area contributed by atoms with Gasteiger partial charge >= 0.3 is 0 Å². The molecule has 2 heterocycles. The van der Waals surface area contributed by atoms with E-state index in [1.807, 2.05) is 30.3 Å². The first-order valence-corrected chi connectivity index (χ1v) is 11.4. The molecule has 1 aliphatic heterocycles. The van der Waals surface area contributed by atoms with Gasteiger partial charge in [0.2, 0.25) is 15.9 Å². The number of H-pyrrole nitrogens is 1. The molecule has 2 aromatic carbocycles. The van der Waals surface area contributed by atoms with Crippen molar-refractivity contribution in [3.8, 4) is 11.4 Å². The molecular weight excluding hydrogens is 416 g/mol. The molecule has 0 atom stereocenters. The lowest BCUT2D eigenvalue weighted by Gasteiger charge is -2.27. The quantitative estimate of drug-likeness (QED) is 0.636. The first-order valence-electron chi connectivity index (χ1n) is 9.96. The Hall–Kier alpha value is -3.30. The van der Waals surface area contributed by atoms with E-state index < -0.39 is 10.0 Å². The number of benzene rings is 2. The van der Waals surface area contributed by atoms with Crippen LogP contribution in [0.1, 0.15) is 24.6 Å². The Morgan fingerprint density at radius 1 is 1.13 bits per heavy atom. The summed E-state index contributed by atoms with van der Waals surface area (Å²) in [5.74, 6) is 0.272. The molecule has 0 aliphatic carbocycles. The highest BCUT2D eigenvalue weighted by Crippen LogP contribution is 2.25. The standard InChI is InChI=1S/C22H22N4O4S/c1-2-20(27)23-16-8-10-17(11-9-16)31(29,30)26-13-12-18-19(14-26)24-21(25-22(18)28)15-6-4-3-5-7-15/h3-11H,2,12-14H2,1H3,(H,23,27)(H,24,25,28). The summed E-state index contributed by atoms with van der Waals surface area (Å²) in [5.41, 5.74) is 2.03. The van der Waals surface area contributed by atoms with Gasteiger partial charge in [0.05, 0.1) is 17.1 Å². The number of hydrogen-bond donors (Lipinski definition) is 2. The second-order valence-electron chi connectivity index (χ2n) is 7.22. The van der Waals surface area contributed by atoms with Crippen LogP contribution in [0.3, 0.4) is 0 Å². The van der Waals surface area contributed by atoms with Crippen LogP contribution in [0.4, 0.5) is 5.69 Å². The minimum atomic E-state index is -3.78. The van der Waals surface area contributed by atoms with E-state index in [9.17, 15) is 18.0 Å². The first kappa shape index (κ1) is 21.0. The van der Waals surface area contributed by atoms with Crippen LogP contribution in [0.25, 0.3) is 11.4 Å². The molecule has 0 saturated heterocycles. The molecule has 31 heavy (non-hydrogen) atoms. The summed E-state index contributed by atoms with van der Waals surface area (Å²) in [7, 11) is -3.78. The Labute approximate surface area is 180 Å². The predicted molar refractivity (Wildman–Crippen MR) is 117 cm³/mol. The van der Waals surface area contributed by atoms with Crippen LogP contribution in [0.15, 0.2) is 64.3 Å². The number of amides is 1. The van der Waals surface area contributed by atoms with Crippen molar-refractivity contribution in [3.05, 3.63) is 76.2 Å². The van der Waals surface area contributed by atoms with E-state index in [4.69, 9.17) is 0 Å². The summed E-state index contributed by atoms with van der Waals surface area (Å²) in [5, 5.41) is 2.70. The first-order chi connectivity index (χ1) is 14.9. The minimum absolute atomic E-state index is 0.0236. The highest BCUT2D eigenvalue weighted by molar-refractivity contribution is 7.89. The van der Waals surface area contributed by atoms with Crippen molar-refractivity contribution in [1.29, 1.82) is 0 Å². The molecule has 160 valence electrons. The molecule has 0 saturated carbocycles. The van der Waals surface area contributed by atoms with Crippen LogP contribution in [0.2, 0.25) is 0 Å². The van der Waals surface area contributed by atoms with Crippen molar-refractivity contribution in [1.82, 2.24) is 14.3 Å². The smallest absolute Gasteiger partial charge is 0.254 e. The fourth-order valence-electron chi connectivity index (χ4n) is 3.46. The van der Waals surface area contributed by atoms with Gasteiger partial charge in [0.15, 0.2) is 0 Å². The normalized spacial score (nSPS) is 14.1. The van der Waals surface area contributed by atoms with Crippen molar-refractivity contribution in [2.45, 2.75) is 31.2 Å². The maximum atomic E-state index is 13.2. The number of hydrogen-bond acceptors (Lipinski definition) is 5. The molecule has 9 heteroatoms. The zero-order valence-electron chi connectivity index (χ0n) is 17.0. The second kappa shape index (κ2) is 8.44. The summed E-state index contributed by atoms with van der Waals surface area (Å²) in [6.07, 6.45) is 0.626. The van der Waals surface area contributed by atoms with Crippen molar-refractivity contribution in [3.63, 3.8) is 0 Å². The Morgan fingerprint density at radius 2 is 1.84 bits per heavy atom. The van der Waals surface area contributed by atoms with Gasteiger partial charge in [-0.3, -0.25) is 9.59 Å². The van der Waals surface area contributed by atoms with Crippen LogP contribution in [-0.2, 0) is 27.8 Å². The number of nitrogens with zero attached hydrogens (tertiary/aromatic N) is 2. The van der Waals surface area contributed by atoms with E-state index in [1.54, 1.807) is 19.1 Å². The molecule has 0 spiro atoms. The van der Waals surface area contributed by atoms with Crippen molar-refractivity contribution < 1.29 is 13.2 Å². The average Bonchev–Trinajstić information content (AvgIpc) is 2.79. The van der Waals surface area contributed by atoms with Gasteiger partial charge in [0.25, 0.3) is 5.56 Å². The predicted octanol–water partition coefficient (Wildman–Crippen LogP) is 2.53. The average molecular weight is 439 g/mol. The maximum absolute atomic E-state index is 13.2. The lowest BCUT2D eigenvalue weighted by molar-refractivity contribution is -0.115. The minimum Gasteiger partial charge on any atom is -0.326 e. The third-order valence-electron chi connectivity index (χ3n) is 5.18. The molecule has 1 aliphatic rings. The molecular formula is C22H22N4O4S. The number of carbonyl (C=O) groups excluding carboxylic acids is 1. The number of fused-ring (bicyclic) bond motifs is 1. The van der Waals surface area contributed by atoms with E-state index in [0.717, 1.165) is 5.56 Å². The summed E-state index contributed by atoms with van der Waals surface area (Å²) >= 11 is 0. The SMILES string of the molecule is CCC(=O)Nc1ccc(S(=O)(=O)N2CCc3c(nc(-c4ccccc4)[nH]c3=O)C2)cc1. The van der Waals surface area contributed by atoms with Crippen LogP contribution in [-0.4, -0.2) is 35.1 Å². The zero-order chi connectivity index (χ0) is 22.0. The topological polar surface area (TPSA) is 112 Å². The molecule has 3 aromatic rings. The Bertz CT molecular complexity index is 1270. The third kappa shape index (κ3) is 4.28. The van der Waals surface area contributed by atoms with E-state index in [-0.39, 0.29) is 35.9 Å². The van der Waals surface area contributed by atoms with Gasteiger partial charge < -0.3 is 10.3 Å². The molecule has 0 radical (unpaired) electrons. The van der Waals surface area contributed by atoms with Crippen molar-refractivity contribution in [2.75, 3.05) is 11.9 Å². The van der Waals surface area contributed by atoms with E-state index in [2.05, 4.69) is 15.3 Å². The molecule has 8 nitrogen and oxygen atoms in total. The van der Waals surface area contributed by atoms with Crippen LogP contribution < -0.4 is 10.9 Å². The Morgan fingerprint density at radius 3 is 2.52 bits per heavy atom. The van der Waals surface area contributed by atoms with E-state index in [0.29, 0.717) is 29.2 Å². The molecule has 2 N–H and O–H groups in total. The number of rotatable bonds is 5. The van der Waals surface area contributed by atoms with Crippen LogP contribution >= 0.6 is 0 Å². The zero-order valence-corrected chi connectivity index (χ0v) is 17.8. The van der Waals surface area contributed by atoms with Gasteiger partial charge in [-0.15, -0.1) is 0 Å². The monoisotopic (exact) mass is 438 g/mol. The molecule has 0 unspecified atom stereocenters. The lowest BCUT2D eigenvalue weighted by atomic mass is 10.1. The van der Waals surface area contributed by atoms with Gasteiger partial charge in [-0.25, -0.2) is 13.4 Å². The highest BCUT2D eigenvalue weighted by Gasteiger charge is 2.30. The van der Waals surface area contributed by atoms with Crippen molar-refractivity contribution >= 4 is 21.6 Å². The van der Waals surface area contributed by atoms with Crippen LogP contribution in [0, 0.1) is 0 Å². The third-order valence-corrected chi connectivity index (χ3v) is 7.04. The van der Waals surface area contributed by atoms with Gasteiger partial charge in [-0.1, -0.05) is 37.3 Å². The number of aromatic amines is 1. The Balaban J connectivity index is 1.61. The van der Waals surface area contributed by atoms with Gasteiger partial charge in [0.1, 0.15) is 5.82 Å². The lowest BCUT2D eigenvalue weighted by Crippen LogP contribution is -2.39. The molecule has 1 aromatic heterocycles. The second-order valence-corrected chi connectivity index (χ2v) is 9.16. The van der Waals surface area contributed by atoms with Crippen molar-refractivity contribution in [2.24, 2.45) is 0 Å². The van der Waals surface area contributed by atoms with Gasteiger partial charge in [-0.05, 0) is 30.7 Å². The Kier molecular flexibility index (Phi) is 5.71. The fourth-order valence-corrected chi connectivity index (χ4v) is 4.86. The summed E-state index contributed by atoms with van der Waals surface area (Å²) in [6, 6.07) is 15.3. The number of nitrogens with one attached hydrogen (secondary N) is 2. The summed E-state index contributed by atoms with van der Waals surface area (Å²) in [4.78, 5) is 31.5. The number of anilines is 1. The summed E-state index contributed by atoms with van der Waals surface area (Å²) in [6.45, 7) is 1.96. The summed E-state index contributed by atoms with van der Waals surface area (Å²) < 4.78 is 27.6. The molecule has 4 rings (SSSR count). The number of carbonyl (C=O) groups is 1. The van der Waals surface area contributed by atoms with Crippen LogP contribution in [0.5, 0.6) is 0 Å². The number of aromatic nitrogens is 2. The molecule has 1 amide bonds. The molecule has 0 fully saturated rings. The number of sulfonamides is 1. The molecule has 0 bridgehead atoms. The van der Waals surface area contributed by atoms with E-state index in [1.165, 1.54) is 16.4 Å². The largest absolute Gasteiger partial charge is 0.326 e. The van der Waals surface area contributed by atoms with Gasteiger partial charge in [-0.2, -0.15) is 4.31 Å². The highest BCUT2D eigenvalue weighted by atomic mass is 32.2. The van der Waals surface area contributed by atoms with Gasteiger partial charge in [0, 0.05) is 29.8 Å².